The summed E-state index contributed by atoms with van der Waals surface area (Å²) in [5, 5.41) is 3.22. The van der Waals surface area contributed by atoms with Crippen LogP contribution in [0.1, 0.15) is 70.1 Å². The van der Waals surface area contributed by atoms with Crippen LogP contribution in [0.5, 0.6) is 5.88 Å². The van der Waals surface area contributed by atoms with Crippen molar-refractivity contribution in [3.8, 4) is 5.88 Å². The van der Waals surface area contributed by atoms with E-state index in [9.17, 15) is 0 Å². The maximum Gasteiger partial charge on any atom is 0.214 e. The van der Waals surface area contributed by atoms with Crippen LogP contribution < -0.4 is 10.1 Å². The molecule has 2 atom stereocenters. The average Bonchev–Trinajstić information content (AvgIpc) is 2.48. The van der Waals surface area contributed by atoms with Crippen LogP contribution in [-0.4, -0.2) is 18.1 Å². The second-order valence-electron chi connectivity index (χ2n) is 6.53. The van der Waals surface area contributed by atoms with Crippen LogP contribution in [0.3, 0.4) is 0 Å². The molecule has 2 rings (SSSR count). The van der Waals surface area contributed by atoms with Crippen molar-refractivity contribution in [3.05, 3.63) is 23.4 Å². The van der Waals surface area contributed by atoms with Crippen LogP contribution in [-0.2, 0) is 6.54 Å². The van der Waals surface area contributed by atoms with E-state index in [4.69, 9.17) is 9.72 Å². The predicted octanol–water partition coefficient (Wildman–Crippen LogP) is 4.27. The minimum atomic E-state index is 0.348. The highest BCUT2D eigenvalue weighted by atomic mass is 16.5. The van der Waals surface area contributed by atoms with Crippen LogP contribution in [0.2, 0.25) is 0 Å². The van der Waals surface area contributed by atoms with Gasteiger partial charge in [0.2, 0.25) is 5.88 Å². The van der Waals surface area contributed by atoms with Crippen LogP contribution in [0.4, 0.5) is 0 Å². The van der Waals surface area contributed by atoms with E-state index in [1.165, 1.54) is 37.7 Å². The van der Waals surface area contributed by atoms with Crippen LogP contribution in [0.15, 0.2) is 12.1 Å². The topological polar surface area (TPSA) is 34.1 Å². The van der Waals surface area contributed by atoms with Gasteiger partial charge in [-0.05, 0) is 56.2 Å². The monoisotopic (exact) mass is 290 g/mol. The van der Waals surface area contributed by atoms with Crippen LogP contribution in [0.25, 0.3) is 0 Å². The lowest BCUT2D eigenvalue weighted by Gasteiger charge is -2.31. The van der Waals surface area contributed by atoms with Gasteiger partial charge in [-0.3, -0.25) is 0 Å². The number of hydrogen-bond acceptors (Lipinski definition) is 3. The minimum Gasteiger partial charge on any atom is -0.474 e. The lowest BCUT2D eigenvalue weighted by atomic mass is 9.85. The Morgan fingerprint density at radius 1 is 1.29 bits per heavy atom. The molecule has 0 aromatic carbocycles. The Hall–Kier alpha value is -1.09. The first kappa shape index (κ1) is 16.3. The van der Waals surface area contributed by atoms with Crippen molar-refractivity contribution in [1.29, 1.82) is 0 Å². The van der Waals surface area contributed by atoms with Gasteiger partial charge < -0.3 is 10.1 Å². The molecule has 3 heteroatoms. The number of ether oxygens (including phenoxy) is 1. The summed E-state index contributed by atoms with van der Waals surface area (Å²) in [6.07, 6.45) is 6.66. The average molecular weight is 290 g/mol. The first-order valence-corrected chi connectivity index (χ1v) is 8.46. The van der Waals surface area contributed by atoms with Gasteiger partial charge in [-0.1, -0.05) is 27.2 Å². The number of nitrogens with zero attached hydrogens (tertiary/aromatic N) is 1. The van der Waals surface area contributed by atoms with E-state index < -0.39 is 0 Å². The Morgan fingerprint density at radius 3 is 2.71 bits per heavy atom. The van der Waals surface area contributed by atoms with Crippen molar-refractivity contribution in [3.63, 3.8) is 0 Å². The molecule has 1 aromatic heterocycles. The van der Waals surface area contributed by atoms with E-state index in [0.29, 0.717) is 17.9 Å². The molecule has 1 aliphatic carbocycles. The van der Waals surface area contributed by atoms with Crippen molar-refractivity contribution >= 4 is 0 Å². The highest BCUT2D eigenvalue weighted by Crippen LogP contribution is 2.30. The van der Waals surface area contributed by atoms with Gasteiger partial charge in [0.25, 0.3) is 0 Å². The van der Waals surface area contributed by atoms with Crippen LogP contribution in [0, 0.1) is 5.92 Å². The number of rotatable bonds is 6. The van der Waals surface area contributed by atoms with E-state index in [0.717, 1.165) is 18.1 Å². The molecule has 0 saturated heterocycles. The van der Waals surface area contributed by atoms with E-state index >= 15 is 0 Å². The van der Waals surface area contributed by atoms with Crippen molar-refractivity contribution in [2.75, 3.05) is 7.05 Å². The fourth-order valence-electron chi connectivity index (χ4n) is 3.20. The van der Waals surface area contributed by atoms with Crippen molar-refractivity contribution in [1.82, 2.24) is 10.3 Å². The van der Waals surface area contributed by atoms with E-state index in [2.05, 4.69) is 38.2 Å². The fraction of sp³-hybridized carbons (Fsp3) is 0.722. The summed E-state index contributed by atoms with van der Waals surface area (Å²) < 4.78 is 6.30. The molecule has 1 heterocycles. The molecule has 1 fully saturated rings. The number of hydrogen-bond donors (Lipinski definition) is 1. The third kappa shape index (κ3) is 4.44. The smallest absolute Gasteiger partial charge is 0.214 e. The van der Waals surface area contributed by atoms with Gasteiger partial charge in [0.1, 0.15) is 6.10 Å². The van der Waals surface area contributed by atoms with E-state index in [-0.39, 0.29) is 0 Å². The summed E-state index contributed by atoms with van der Waals surface area (Å²) >= 11 is 0. The second-order valence-corrected chi connectivity index (χ2v) is 6.53. The molecule has 0 aliphatic heterocycles. The lowest BCUT2D eigenvalue weighted by Crippen LogP contribution is -2.30. The summed E-state index contributed by atoms with van der Waals surface area (Å²) in [6, 6.07) is 4.29. The highest BCUT2D eigenvalue weighted by molar-refractivity contribution is 5.27. The molecular weight excluding hydrogens is 260 g/mol. The first-order chi connectivity index (χ1) is 10.1. The summed E-state index contributed by atoms with van der Waals surface area (Å²) in [4.78, 5) is 4.73. The predicted molar refractivity (Wildman–Crippen MR) is 87.8 cm³/mol. The SMILES string of the molecule is CCC1CCCCC1Oc1cc(CNC)cc(C(C)C)n1. The largest absolute Gasteiger partial charge is 0.474 e. The zero-order valence-corrected chi connectivity index (χ0v) is 14.0. The number of aromatic nitrogens is 1. The van der Waals surface area contributed by atoms with Gasteiger partial charge >= 0.3 is 0 Å². The van der Waals surface area contributed by atoms with Gasteiger partial charge in [0, 0.05) is 18.3 Å². The Bertz CT molecular complexity index is 445. The first-order valence-electron chi connectivity index (χ1n) is 8.46. The van der Waals surface area contributed by atoms with Gasteiger partial charge in [-0.25, -0.2) is 4.98 Å². The van der Waals surface area contributed by atoms with Crippen LogP contribution >= 0.6 is 0 Å². The van der Waals surface area contributed by atoms with Gasteiger partial charge in [0.05, 0.1) is 0 Å². The van der Waals surface area contributed by atoms with Gasteiger partial charge in [-0.15, -0.1) is 0 Å². The summed E-state index contributed by atoms with van der Waals surface area (Å²) in [5.41, 5.74) is 2.39. The Kier molecular flexibility index (Phi) is 6.04. The fourth-order valence-corrected chi connectivity index (χ4v) is 3.20. The zero-order chi connectivity index (χ0) is 15.2. The number of pyridine rings is 1. The van der Waals surface area contributed by atoms with Crippen molar-refractivity contribution < 1.29 is 4.74 Å². The maximum atomic E-state index is 6.30. The molecule has 0 spiro atoms. The second kappa shape index (κ2) is 7.79. The molecule has 1 aromatic rings. The van der Waals surface area contributed by atoms with Gasteiger partial charge in [0.15, 0.2) is 0 Å². The quantitative estimate of drug-likeness (QED) is 0.849. The highest BCUT2D eigenvalue weighted by Gasteiger charge is 2.25. The van der Waals surface area contributed by atoms with Gasteiger partial charge in [-0.2, -0.15) is 0 Å². The molecule has 21 heavy (non-hydrogen) atoms. The molecular formula is C18H30N2O. The Balaban J connectivity index is 2.17. The zero-order valence-electron chi connectivity index (χ0n) is 14.0. The summed E-state index contributed by atoms with van der Waals surface area (Å²) in [6.45, 7) is 7.51. The van der Waals surface area contributed by atoms with E-state index in [1.54, 1.807) is 0 Å². The Morgan fingerprint density at radius 2 is 2.05 bits per heavy atom. The molecule has 2 unspecified atom stereocenters. The summed E-state index contributed by atoms with van der Waals surface area (Å²) in [5.74, 6) is 1.94. The van der Waals surface area contributed by atoms with E-state index in [1.807, 2.05) is 7.05 Å². The normalized spacial score (nSPS) is 22.5. The molecule has 1 aliphatic rings. The molecule has 1 N–H and O–H groups in total. The van der Waals surface area contributed by atoms with Crippen molar-refractivity contribution in [2.24, 2.45) is 5.92 Å². The molecule has 0 amide bonds. The maximum absolute atomic E-state index is 6.30. The summed E-state index contributed by atoms with van der Waals surface area (Å²) in [7, 11) is 1.98. The lowest BCUT2D eigenvalue weighted by molar-refractivity contribution is 0.0855. The minimum absolute atomic E-state index is 0.348. The molecule has 118 valence electrons. The third-order valence-corrected chi connectivity index (χ3v) is 4.49. The molecule has 1 saturated carbocycles. The Labute approximate surface area is 129 Å². The number of nitrogens with one attached hydrogen (secondary N) is 1. The molecule has 0 radical (unpaired) electrons. The van der Waals surface area contributed by atoms with Crippen molar-refractivity contribution in [2.45, 2.75) is 71.4 Å². The third-order valence-electron chi connectivity index (χ3n) is 4.49. The molecule has 3 nitrogen and oxygen atoms in total. The molecule has 0 bridgehead atoms. The standard InChI is InChI=1S/C18H30N2O/c1-5-15-8-6-7-9-17(15)21-18-11-14(12-19-4)10-16(20-18)13(2)3/h10-11,13,15,17,19H,5-9,12H2,1-4H3.